The van der Waals surface area contributed by atoms with Crippen molar-refractivity contribution in [1.29, 1.82) is 0 Å². The van der Waals surface area contributed by atoms with Gasteiger partial charge in [-0.25, -0.2) is 9.97 Å². The molecule has 0 amide bonds. The molecule has 8 heteroatoms. The van der Waals surface area contributed by atoms with E-state index >= 15 is 0 Å². The second kappa shape index (κ2) is 14.9. The first-order chi connectivity index (χ1) is 20.6. The molecule has 42 heavy (non-hydrogen) atoms. The first-order valence-electron chi connectivity index (χ1n) is 15.4. The standard InChI is InChI=1S/C34H44N6O2/c1-25(27-10-6-5-7-11-27)38-33-30-22-31(39-34(30)37-24-36-33)28-15-13-26(14-16-28)23-40-20-17-29(18-21-40)35-19-9-4-3-8-12-32(41)42-2/h5-7,10-11,13-16,22,24-25,29,35H,3-4,8-9,12,17-21,23H2,1-2H3,(H2,36,37,38,39). The van der Waals surface area contributed by atoms with Gasteiger partial charge >= 0.3 is 5.97 Å². The highest BCUT2D eigenvalue weighted by Gasteiger charge is 2.19. The number of hydrogen-bond donors (Lipinski definition) is 3. The molecule has 0 spiro atoms. The molecule has 0 bridgehead atoms. The van der Waals surface area contributed by atoms with Crippen molar-refractivity contribution in [3.8, 4) is 11.3 Å². The lowest BCUT2D eigenvalue weighted by molar-refractivity contribution is -0.140. The van der Waals surface area contributed by atoms with Crippen LogP contribution in [0.15, 0.2) is 67.0 Å². The van der Waals surface area contributed by atoms with Crippen molar-refractivity contribution in [2.24, 2.45) is 0 Å². The van der Waals surface area contributed by atoms with Gasteiger partial charge in [0, 0.05) is 30.7 Å². The summed E-state index contributed by atoms with van der Waals surface area (Å²) in [6.07, 6.45) is 8.88. The lowest BCUT2D eigenvalue weighted by Crippen LogP contribution is -2.42. The van der Waals surface area contributed by atoms with Crippen molar-refractivity contribution in [3.63, 3.8) is 0 Å². The van der Waals surface area contributed by atoms with E-state index in [-0.39, 0.29) is 12.0 Å². The number of hydrogen-bond acceptors (Lipinski definition) is 7. The molecule has 1 saturated heterocycles. The number of piperidine rings is 1. The fourth-order valence-electron chi connectivity index (χ4n) is 5.74. The van der Waals surface area contributed by atoms with Gasteiger partial charge < -0.3 is 20.4 Å². The van der Waals surface area contributed by atoms with Crippen LogP contribution in [0.3, 0.4) is 0 Å². The van der Waals surface area contributed by atoms with E-state index in [9.17, 15) is 4.79 Å². The van der Waals surface area contributed by atoms with E-state index in [0.717, 1.165) is 73.6 Å². The number of rotatable bonds is 14. The van der Waals surface area contributed by atoms with Crippen LogP contribution in [0.4, 0.5) is 5.82 Å². The molecule has 1 atom stereocenters. The quantitative estimate of drug-likeness (QED) is 0.118. The number of H-pyrrole nitrogens is 1. The molecule has 4 aromatic rings. The van der Waals surface area contributed by atoms with Crippen LogP contribution in [0, 0.1) is 0 Å². The lowest BCUT2D eigenvalue weighted by Gasteiger charge is -2.32. The summed E-state index contributed by atoms with van der Waals surface area (Å²) in [5.74, 6) is 0.737. The molecule has 5 rings (SSSR count). The zero-order chi connectivity index (χ0) is 29.1. The number of nitrogens with zero attached hydrogens (tertiary/aromatic N) is 3. The van der Waals surface area contributed by atoms with E-state index in [2.05, 4.69) is 92.0 Å². The smallest absolute Gasteiger partial charge is 0.305 e. The Morgan fingerprint density at radius 3 is 2.55 bits per heavy atom. The summed E-state index contributed by atoms with van der Waals surface area (Å²) in [6.45, 7) is 6.44. The maximum atomic E-state index is 11.2. The molecular weight excluding hydrogens is 524 g/mol. The second-order valence-corrected chi connectivity index (χ2v) is 11.4. The van der Waals surface area contributed by atoms with E-state index < -0.39 is 0 Å². The summed E-state index contributed by atoms with van der Waals surface area (Å²) in [5, 5.41) is 8.29. The molecule has 2 aromatic heterocycles. The average Bonchev–Trinajstić information content (AvgIpc) is 3.47. The number of ether oxygens (including phenoxy) is 1. The van der Waals surface area contributed by atoms with Crippen LogP contribution in [-0.4, -0.2) is 58.6 Å². The number of unbranched alkanes of at least 4 members (excludes halogenated alkanes) is 3. The third-order valence-electron chi connectivity index (χ3n) is 8.31. The fourth-order valence-corrected chi connectivity index (χ4v) is 5.74. The first kappa shape index (κ1) is 29.7. The molecular formula is C34H44N6O2. The van der Waals surface area contributed by atoms with Crippen LogP contribution >= 0.6 is 0 Å². The van der Waals surface area contributed by atoms with Crippen LogP contribution in [0.2, 0.25) is 0 Å². The van der Waals surface area contributed by atoms with Gasteiger partial charge in [0.15, 0.2) is 0 Å². The molecule has 1 aliphatic rings. The number of aromatic amines is 1. The van der Waals surface area contributed by atoms with E-state index in [4.69, 9.17) is 4.74 Å². The fraction of sp³-hybridized carbons (Fsp3) is 0.441. The Morgan fingerprint density at radius 2 is 1.79 bits per heavy atom. The number of anilines is 1. The third-order valence-corrected chi connectivity index (χ3v) is 8.31. The molecule has 0 aliphatic carbocycles. The Morgan fingerprint density at radius 1 is 1.02 bits per heavy atom. The van der Waals surface area contributed by atoms with Crippen molar-refractivity contribution in [2.45, 2.75) is 70.5 Å². The van der Waals surface area contributed by atoms with E-state index in [1.807, 2.05) is 6.07 Å². The highest BCUT2D eigenvalue weighted by atomic mass is 16.5. The second-order valence-electron chi connectivity index (χ2n) is 11.4. The predicted molar refractivity (Wildman–Crippen MR) is 169 cm³/mol. The van der Waals surface area contributed by atoms with Gasteiger partial charge in [-0.1, -0.05) is 67.4 Å². The van der Waals surface area contributed by atoms with Crippen LogP contribution in [-0.2, 0) is 16.1 Å². The minimum atomic E-state index is -0.100. The normalized spacial score (nSPS) is 15.1. The monoisotopic (exact) mass is 568 g/mol. The summed E-state index contributed by atoms with van der Waals surface area (Å²) < 4.78 is 4.70. The summed E-state index contributed by atoms with van der Waals surface area (Å²) >= 11 is 0. The van der Waals surface area contributed by atoms with Crippen molar-refractivity contribution in [2.75, 3.05) is 32.1 Å². The SMILES string of the molecule is COC(=O)CCCCCCNC1CCN(Cc2ccc(-c3cc4c(NC(C)c5ccccc5)ncnc4[nH]3)cc2)CC1. The number of esters is 1. The summed E-state index contributed by atoms with van der Waals surface area (Å²) in [7, 11) is 1.46. The number of methoxy groups -OCH3 is 1. The zero-order valence-electron chi connectivity index (χ0n) is 24.9. The van der Waals surface area contributed by atoms with Gasteiger partial charge in [0.1, 0.15) is 17.8 Å². The Labute approximate surface area is 249 Å². The molecule has 1 aliphatic heterocycles. The number of aromatic nitrogens is 3. The zero-order valence-corrected chi connectivity index (χ0v) is 24.9. The minimum Gasteiger partial charge on any atom is -0.469 e. The van der Waals surface area contributed by atoms with E-state index in [0.29, 0.717) is 12.5 Å². The van der Waals surface area contributed by atoms with Gasteiger partial charge in [-0.05, 0) is 75.0 Å². The van der Waals surface area contributed by atoms with Crippen molar-refractivity contribution in [3.05, 3.63) is 78.1 Å². The van der Waals surface area contributed by atoms with Crippen LogP contribution < -0.4 is 10.6 Å². The van der Waals surface area contributed by atoms with Crippen LogP contribution in [0.25, 0.3) is 22.3 Å². The molecule has 1 unspecified atom stereocenters. The third kappa shape index (κ3) is 8.17. The van der Waals surface area contributed by atoms with E-state index in [1.165, 1.54) is 37.5 Å². The highest BCUT2D eigenvalue weighted by Crippen LogP contribution is 2.29. The van der Waals surface area contributed by atoms with Gasteiger partial charge in [-0.15, -0.1) is 0 Å². The number of benzene rings is 2. The Hall–Kier alpha value is -3.75. The molecule has 8 nitrogen and oxygen atoms in total. The Bertz CT molecular complexity index is 1400. The Balaban J connectivity index is 1.07. The van der Waals surface area contributed by atoms with Crippen molar-refractivity contribution >= 4 is 22.8 Å². The van der Waals surface area contributed by atoms with Crippen LogP contribution in [0.1, 0.15) is 69.0 Å². The van der Waals surface area contributed by atoms with E-state index in [1.54, 1.807) is 6.33 Å². The molecule has 3 N–H and O–H groups in total. The number of nitrogens with one attached hydrogen (secondary N) is 3. The van der Waals surface area contributed by atoms with Gasteiger partial charge in [-0.3, -0.25) is 9.69 Å². The molecule has 0 saturated carbocycles. The molecule has 0 radical (unpaired) electrons. The largest absolute Gasteiger partial charge is 0.469 e. The summed E-state index contributed by atoms with van der Waals surface area (Å²) in [6, 6.07) is 22.2. The number of likely N-dealkylation sites (tertiary alicyclic amines) is 1. The molecule has 1 fully saturated rings. The van der Waals surface area contributed by atoms with Crippen molar-refractivity contribution < 1.29 is 9.53 Å². The Kier molecular flexibility index (Phi) is 10.6. The van der Waals surface area contributed by atoms with Gasteiger partial charge in [0.2, 0.25) is 0 Å². The number of fused-ring (bicyclic) bond motifs is 1. The average molecular weight is 569 g/mol. The van der Waals surface area contributed by atoms with Gasteiger partial charge in [-0.2, -0.15) is 0 Å². The van der Waals surface area contributed by atoms with Gasteiger partial charge in [0.05, 0.1) is 12.5 Å². The first-order valence-corrected chi connectivity index (χ1v) is 15.4. The maximum absolute atomic E-state index is 11.2. The highest BCUT2D eigenvalue weighted by molar-refractivity contribution is 5.91. The lowest BCUT2D eigenvalue weighted by atomic mass is 10.0. The molecule has 3 heterocycles. The van der Waals surface area contributed by atoms with Gasteiger partial charge in [0.25, 0.3) is 0 Å². The predicted octanol–water partition coefficient (Wildman–Crippen LogP) is 6.48. The molecule has 222 valence electrons. The van der Waals surface area contributed by atoms with Crippen LogP contribution in [0.5, 0.6) is 0 Å². The maximum Gasteiger partial charge on any atom is 0.305 e. The molecule has 2 aromatic carbocycles. The summed E-state index contributed by atoms with van der Waals surface area (Å²) in [5.41, 5.74) is 5.58. The number of carbonyl (C=O) groups excluding carboxylic acids is 1. The topological polar surface area (TPSA) is 95.2 Å². The minimum absolute atomic E-state index is 0.100. The van der Waals surface area contributed by atoms with Crippen molar-refractivity contribution in [1.82, 2.24) is 25.2 Å². The number of carbonyl (C=O) groups is 1. The summed E-state index contributed by atoms with van der Waals surface area (Å²) in [4.78, 5) is 26.2.